The normalized spacial score (nSPS) is 15.3. The summed E-state index contributed by atoms with van der Waals surface area (Å²) in [6.45, 7) is 15.6. The van der Waals surface area contributed by atoms with Crippen molar-refractivity contribution in [2.24, 2.45) is 5.92 Å². The van der Waals surface area contributed by atoms with Crippen LogP contribution in [0.2, 0.25) is 0 Å². The Balaban J connectivity index is 0. The lowest BCUT2D eigenvalue weighted by molar-refractivity contribution is -0.135. The predicted octanol–water partition coefficient (Wildman–Crippen LogP) is 4.10. The second-order valence-electron chi connectivity index (χ2n) is 4.87. The Kier molecular flexibility index (Phi) is 12.2. The van der Waals surface area contributed by atoms with Crippen LogP contribution in [0, 0.1) is 5.92 Å². The SMILES string of the molecule is CC.CC(C)C.CC(C)N1CCCCC1=O. The molecular formula is C14H31NO. The van der Waals surface area contributed by atoms with Crippen molar-refractivity contribution in [2.75, 3.05) is 6.54 Å². The minimum atomic E-state index is 0.334. The van der Waals surface area contributed by atoms with Crippen LogP contribution < -0.4 is 0 Å². The number of likely N-dealkylation sites (tertiary alicyclic amines) is 1. The number of piperidine rings is 1. The molecule has 1 fully saturated rings. The molecule has 0 aliphatic carbocycles. The van der Waals surface area contributed by atoms with Crippen LogP contribution in [-0.4, -0.2) is 23.4 Å². The first kappa shape index (κ1) is 17.9. The van der Waals surface area contributed by atoms with Gasteiger partial charge in [0.05, 0.1) is 0 Å². The lowest BCUT2D eigenvalue weighted by atomic mass is 10.1. The third kappa shape index (κ3) is 10.0. The Labute approximate surface area is 102 Å². The molecule has 0 aromatic heterocycles. The number of hydrogen-bond donors (Lipinski definition) is 0. The maximum Gasteiger partial charge on any atom is 0.222 e. The number of rotatable bonds is 1. The van der Waals surface area contributed by atoms with Gasteiger partial charge in [-0.05, 0) is 32.6 Å². The highest BCUT2D eigenvalue weighted by atomic mass is 16.2. The van der Waals surface area contributed by atoms with E-state index >= 15 is 0 Å². The van der Waals surface area contributed by atoms with Crippen molar-refractivity contribution in [3.05, 3.63) is 0 Å². The molecule has 98 valence electrons. The Morgan fingerprint density at radius 1 is 1.00 bits per heavy atom. The number of nitrogens with zero attached hydrogens (tertiary/aromatic N) is 1. The summed E-state index contributed by atoms with van der Waals surface area (Å²) < 4.78 is 0. The molecule has 1 heterocycles. The molecule has 0 aromatic rings. The van der Waals surface area contributed by atoms with Crippen LogP contribution in [0.5, 0.6) is 0 Å². The zero-order valence-corrected chi connectivity index (χ0v) is 12.3. The van der Waals surface area contributed by atoms with Crippen molar-refractivity contribution in [1.82, 2.24) is 4.90 Å². The van der Waals surface area contributed by atoms with Gasteiger partial charge in [-0.3, -0.25) is 4.79 Å². The minimum Gasteiger partial charge on any atom is -0.340 e. The van der Waals surface area contributed by atoms with E-state index in [9.17, 15) is 4.79 Å². The summed E-state index contributed by atoms with van der Waals surface area (Å²) in [6.07, 6.45) is 3.03. The van der Waals surface area contributed by atoms with Gasteiger partial charge in [0.15, 0.2) is 0 Å². The van der Waals surface area contributed by atoms with Crippen LogP contribution in [0.1, 0.15) is 67.7 Å². The molecule has 0 saturated carbocycles. The maximum atomic E-state index is 11.2. The fourth-order valence-electron chi connectivity index (χ4n) is 1.37. The molecule has 2 nitrogen and oxygen atoms in total. The summed E-state index contributed by atoms with van der Waals surface area (Å²) in [6, 6.07) is 0.396. The fraction of sp³-hybridized carbons (Fsp3) is 0.929. The van der Waals surface area contributed by atoms with E-state index < -0.39 is 0 Å². The standard InChI is InChI=1S/C8H15NO.C4H10.C2H6/c1-7(2)9-6-4-3-5-8(9)10;1-4(2)3;1-2/h7H,3-6H2,1-2H3;4H,1-3H3;1-2H3. The predicted molar refractivity (Wildman–Crippen MR) is 72.6 cm³/mol. The van der Waals surface area contributed by atoms with E-state index in [-0.39, 0.29) is 0 Å². The molecule has 0 N–H and O–H groups in total. The van der Waals surface area contributed by atoms with Crippen LogP contribution >= 0.6 is 0 Å². The summed E-state index contributed by atoms with van der Waals surface area (Å²) in [5, 5.41) is 0. The van der Waals surface area contributed by atoms with Gasteiger partial charge < -0.3 is 4.90 Å². The zero-order chi connectivity index (χ0) is 13.1. The first-order valence-electron chi connectivity index (χ1n) is 6.74. The van der Waals surface area contributed by atoms with Gasteiger partial charge in [-0.25, -0.2) is 0 Å². The Hall–Kier alpha value is -0.530. The van der Waals surface area contributed by atoms with Crippen molar-refractivity contribution in [3.8, 4) is 0 Å². The Morgan fingerprint density at radius 2 is 1.44 bits per heavy atom. The first-order valence-corrected chi connectivity index (χ1v) is 6.74. The van der Waals surface area contributed by atoms with Gasteiger partial charge in [-0.1, -0.05) is 34.6 Å². The third-order valence-corrected chi connectivity index (χ3v) is 1.98. The lowest BCUT2D eigenvalue weighted by Crippen LogP contribution is -2.40. The molecule has 0 radical (unpaired) electrons. The quantitative estimate of drug-likeness (QED) is 0.663. The highest BCUT2D eigenvalue weighted by Gasteiger charge is 2.19. The first-order chi connectivity index (χ1) is 7.45. The molecule has 1 rings (SSSR count). The van der Waals surface area contributed by atoms with E-state index in [2.05, 4.69) is 34.6 Å². The van der Waals surface area contributed by atoms with E-state index in [1.165, 1.54) is 6.42 Å². The molecule has 1 aliphatic heterocycles. The van der Waals surface area contributed by atoms with E-state index in [1.54, 1.807) is 0 Å². The van der Waals surface area contributed by atoms with Gasteiger partial charge in [-0.2, -0.15) is 0 Å². The van der Waals surface area contributed by atoms with Crippen LogP contribution in [0.25, 0.3) is 0 Å². The lowest BCUT2D eigenvalue weighted by Gasteiger charge is -2.30. The van der Waals surface area contributed by atoms with Gasteiger partial charge >= 0.3 is 0 Å². The molecule has 1 aliphatic rings. The molecule has 16 heavy (non-hydrogen) atoms. The van der Waals surface area contributed by atoms with Crippen molar-refractivity contribution in [2.45, 2.75) is 73.8 Å². The summed E-state index contributed by atoms with van der Waals surface area (Å²) in [5.41, 5.74) is 0. The maximum absolute atomic E-state index is 11.2. The number of amides is 1. The molecule has 1 saturated heterocycles. The van der Waals surface area contributed by atoms with Crippen LogP contribution in [0.3, 0.4) is 0 Å². The van der Waals surface area contributed by atoms with Gasteiger partial charge in [0.1, 0.15) is 0 Å². The molecule has 2 heteroatoms. The molecule has 0 aromatic carbocycles. The monoisotopic (exact) mass is 229 g/mol. The van der Waals surface area contributed by atoms with Crippen molar-refractivity contribution in [1.29, 1.82) is 0 Å². The second kappa shape index (κ2) is 11.0. The Morgan fingerprint density at radius 3 is 1.69 bits per heavy atom. The molecule has 0 bridgehead atoms. The van der Waals surface area contributed by atoms with Gasteiger partial charge in [-0.15, -0.1) is 0 Å². The number of hydrogen-bond acceptors (Lipinski definition) is 1. The van der Waals surface area contributed by atoms with Crippen LogP contribution in [-0.2, 0) is 4.79 Å². The van der Waals surface area contributed by atoms with Gasteiger partial charge in [0, 0.05) is 19.0 Å². The molecular weight excluding hydrogens is 198 g/mol. The average Bonchev–Trinajstić information content (AvgIpc) is 2.20. The van der Waals surface area contributed by atoms with E-state index in [0.29, 0.717) is 11.9 Å². The summed E-state index contributed by atoms with van der Waals surface area (Å²) in [5.74, 6) is 1.17. The van der Waals surface area contributed by atoms with E-state index in [1.807, 2.05) is 18.7 Å². The van der Waals surface area contributed by atoms with Crippen molar-refractivity contribution < 1.29 is 4.79 Å². The topological polar surface area (TPSA) is 20.3 Å². The molecule has 1 amide bonds. The molecule has 0 atom stereocenters. The van der Waals surface area contributed by atoms with Crippen molar-refractivity contribution in [3.63, 3.8) is 0 Å². The highest BCUT2D eigenvalue weighted by Crippen LogP contribution is 2.12. The summed E-state index contributed by atoms with van der Waals surface area (Å²) in [7, 11) is 0. The molecule has 0 spiro atoms. The second-order valence-corrected chi connectivity index (χ2v) is 4.87. The largest absolute Gasteiger partial charge is 0.340 e. The summed E-state index contributed by atoms with van der Waals surface area (Å²) >= 11 is 0. The fourth-order valence-corrected chi connectivity index (χ4v) is 1.37. The van der Waals surface area contributed by atoms with E-state index in [0.717, 1.165) is 25.3 Å². The van der Waals surface area contributed by atoms with Crippen LogP contribution in [0.4, 0.5) is 0 Å². The molecule has 0 unspecified atom stereocenters. The number of carbonyl (C=O) groups excluding carboxylic acids is 1. The van der Waals surface area contributed by atoms with Gasteiger partial charge in [0.25, 0.3) is 0 Å². The summed E-state index contributed by atoms with van der Waals surface area (Å²) in [4.78, 5) is 13.1. The highest BCUT2D eigenvalue weighted by molar-refractivity contribution is 5.77. The smallest absolute Gasteiger partial charge is 0.222 e. The van der Waals surface area contributed by atoms with Gasteiger partial charge in [0.2, 0.25) is 5.91 Å². The third-order valence-electron chi connectivity index (χ3n) is 1.98. The van der Waals surface area contributed by atoms with Crippen LogP contribution in [0.15, 0.2) is 0 Å². The van der Waals surface area contributed by atoms with E-state index in [4.69, 9.17) is 0 Å². The van der Waals surface area contributed by atoms with Crippen molar-refractivity contribution >= 4 is 5.91 Å². The Bertz CT molecular complexity index is 161. The minimum absolute atomic E-state index is 0.334. The number of carbonyl (C=O) groups is 1. The average molecular weight is 229 g/mol. The zero-order valence-electron chi connectivity index (χ0n) is 12.3.